The predicted octanol–water partition coefficient (Wildman–Crippen LogP) is 0.725. The van der Waals surface area contributed by atoms with Crippen molar-refractivity contribution in [2.24, 2.45) is 5.92 Å². The van der Waals surface area contributed by atoms with Crippen LogP contribution in [0.4, 0.5) is 0 Å². The maximum Gasteiger partial charge on any atom is 0.328 e. The molecule has 5 heteroatoms. The standard InChI is InChI=1S/C12H17NO4/c1-2-7-17-8-10(12(15)16)13-11(14)9-5-3-4-6-9/h2-4,9-10H,1,5-8H2,(H,13,14)(H,15,16). The fourth-order valence-corrected chi connectivity index (χ4v) is 1.56. The maximum absolute atomic E-state index is 11.7. The highest BCUT2D eigenvalue weighted by Crippen LogP contribution is 2.17. The van der Waals surface area contributed by atoms with Crippen LogP contribution in [0.5, 0.6) is 0 Å². The molecule has 0 aliphatic heterocycles. The summed E-state index contributed by atoms with van der Waals surface area (Å²) in [6, 6.07) is -0.997. The van der Waals surface area contributed by atoms with Gasteiger partial charge in [0.1, 0.15) is 0 Å². The van der Waals surface area contributed by atoms with Crippen LogP contribution in [0.1, 0.15) is 12.8 Å². The Morgan fingerprint density at radius 2 is 2.18 bits per heavy atom. The molecule has 0 aromatic heterocycles. The molecule has 0 aromatic rings. The molecule has 0 radical (unpaired) electrons. The summed E-state index contributed by atoms with van der Waals surface area (Å²) in [7, 11) is 0. The van der Waals surface area contributed by atoms with Crippen LogP contribution < -0.4 is 5.32 Å². The molecule has 0 saturated carbocycles. The molecule has 5 nitrogen and oxygen atoms in total. The number of carbonyl (C=O) groups is 2. The van der Waals surface area contributed by atoms with Gasteiger partial charge in [-0.15, -0.1) is 6.58 Å². The summed E-state index contributed by atoms with van der Waals surface area (Å²) >= 11 is 0. The Kier molecular flexibility index (Phi) is 5.42. The lowest BCUT2D eigenvalue weighted by atomic mass is 10.1. The third-order valence-electron chi connectivity index (χ3n) is 2.51. The van der Waals surface area contributed by atoms with Crippen LogP contribution >= 0.6 is 0 Å². The quantitative estimate of drug-likeness (QED) is 0.507. The molecule has 17 heavy (non-hydrogen) atoms. The van der Waals surface area contributed by atoms with Crippen LogP contribution in [-0.2, 0) is 14.3 Å². The highest BCUT2D eigenvalue weighted by molar-refractivity contribution is 5.85. The van der Waals surface area contributed by atoms with Crippen molar-refractivity contribution in [3.8, 4) is 0 Å². The van der Waals surface area contributed by atoms with Crippen LogP contribution in [-0.4, -0.2) is 36.2 Å². The minimum atomic E-state index is -1.09. The van der Waals surface area contributed by atoms with Crippen molar-refractivity contribution >= 4 is 11.9 Å². The van der Waals surface area contributed by atoms with Gasteiger partial charge >= 0.3 is 5.97 Å². The highest BCUT2D eigenvalue weighted by atomic mass is 16.5. The average Bonchev–Trinajstić information content (AvgIpc) is 2.81. The zero-order valence-corrected chi connectivity index (χ0v) is 9.59. The molecule has 1 amide bonds. The van der Waals surface area contributed by atoms with E-state index in [1.165, 1.54) is 6.08 Å². The first-order valence-corrected chi connectivity index (χ1v) is 5.52. The average molecular weight is 239 g/mol. The lowest BCUT2D eigenvalue weighted by Crippen LogP contribution is -2.46. The van der Waals surface area contributed by atoms with Crippen molar-refractivity contribution in [2.75, 3.05) is 13.2 Å². The minimum absolute atomic E-state index is 0.0484. The van der Waals surface area contributed by atoms with Gasteiger partial charge in [-0.2, -0.15) is 0 Å². The van der Waals surface area contributed by atoms with E-state index >= 15 is 0 Å². The molecule has 1 atom stereocenters. The van der Waals surface area contributed by atoms with Crippen molar-refractivity contribution in [3.63, 3.8) is 0 Å². The Labute approximate surface area is 100 Å². The Morgan fingerprint density at radius 3 is 2.71 bits per heavy atom. The van der Waals surface area contributed by atoms with E-state index in [1.807, 2.05) is 12.2 Å². The monoisotopic (exact) mass is 239 g/mol. The second-order valence-electron chi connectivity index (χ2n) is 3.87. The van der Waals surface area contributed by atoms with Crippen molar-refractivity contribution < 1.29 is 19.4 Å². The number of carboxylic acid groups (broad SMARTS) is 1. The van der Waals surface area contributed by atoms with Crippen LogP contribution in [0, 0.1) is 5.92 Å². The number of aliphatic carboxylic acids is 1. The largest absolute Gasteiger partial charge is 0.480 e. The first kappa shape index (κ1) is 13.4. The fraction of sp³-hybridized carbons (Fsp3) is 0.500. The number of carboxylic acids is 1. The Bertz CT molecular complexity index is 316. The van der Waals surface area contributed by atoms with Gasteiger partial charge in [0.25, 0.3) is 0 Å². The van der Waals surface area contributed by atoms with Crippen LogP contribution in [0.15, 0.2) is 24.8 Å². The molecule has 0 bridgehead atoms. The molecule has 0 saturated heterocycles. The van der Waals surface area contributed by atoms with E-state index < -0.39 is 12.0 Å². The lowest BCUT2D eigenvalue weighted by molar-refractivity contribution is -0.144. The molecule has 1 unspecified atom stereocenters. The minimum Gasteiger partial charge on any atom is -0.480 e. The lowest BCUT2D eigenvalue weighted by Gasteiger charge is -2.17. The van der Waals surface area contributed by atoms with Crippen molar-refractivity contribution in [2.45, 2.75) is 18.9 Å². The Morgan fingerprint density at radius 1 is 1.53 bits per heavy atom. The summed E-state index contributed by atoms with van der Waals surface area (Å²) in [6.07, 6.45) is 6.72. The molecular weight excluding hydrogens is 222 g/mol. The van der Waals surface area contributed by atoms with Gasteiger partial charge < -0.3 is 15.2 Å². The zero-order chi connectivity index (χ0) is 12.7. The first-order chi connectivity index (χ1) is 8.15. The summed E-state index contributed by atoms with van der Waals surface area (Å²) in [5.74, 6) is -1.46. The molecule has 0 fully saturated rings. The number of allylic oxidation sites excluding steroid dienone is 2. The van der Waals surface area contributed by atoms with Gasteiger partial charge in [-0.05, 0) is 12.8 Å². The van der Waals surface area contributed by atoms with E-state index in [1.54, 1.807) is 0 Å². The highest BCUT2D eigenvalue weighted by Gasteiger charge is 2.25. The van der Waals surface area contributed by atoms with Gasteiger partial charge in [0.05, 0.1) is 13.2 Å². The summed E-state index contributed by atoms with van der Waals surface area (Å²) in [5.41, 5.74) is 0. The number of ether oxygens (including phenoxy) is 1. The number of nitrogens with one attached hydrogen (secondary N) is 1. The second kappa shape index (κ2) is 6.85. The van der Waals surface area contributed by atoms with Gasteiger partial charge in [-0.3, -0.25) is 4.79 Å². The molecule has 2 N–H and O–H groups in total. The summed E-state index contributed by atoms with van der Waals surface area (Å²) < 4.78 is 5.04. The number of hydrogen-bond donors (Lipinski definition) is 2. The normalized spacial score (nSPS) is 16.7. The summed E-state index contributed by atoms with van der Waals surface area (Å²) in [5, 5.41) is 11.4. The molecule has 1 rings (SSSR count). The van der Waals surface area contributed by atoms with Gasteiger partial charge in [0, 0.05) is 5.92 Å². The molecule has 0 heterocycles. The van der Waals surface area contributed by atoms with Gasteiger partial charge in [0.2, 0.25) is 5.91 Å². The van der Waals surface area contributed by atoms with Crippen LogP contribution in [0.25, 0.3) is 0 Å². The number of carbonyl (C=O) groups excluding carboxylic acids is 1. The molecule has 1 aliphatic rings. The molecule has 0 aromatic carbocycles. The number of hydrogen-bond acceptors (Lipinski definition) is 3. The van der Waals surface area contributed by atoms with E-state index in [-0.39, 0.29) is 25.0 Å². The van der Waals surface area contributed by atoms with E-state index in [9.17, 15) is 9.59 Å². The van der Waals surface area contributed by atoms with Crippen molar-refractivity contribution in [3.05, 3.63) is 24.8 Å². The number of amides is 1. The molecule has 1 aliphatic carbocycles. The maximum atomic E-state index is 11.7. The molecule has 0 spiro atoms. The third kappa shape index (κ3) is 4.40. The second-order valence-corrected chi connectivity index (χ2v) is 3.87. The van der Waals surface area contributed by atoms with Gasteiger partial charge in [0.15, 0.2) is 6.04 Å². The topological polar surface area (TPSA) is 75.6 Å². The van der Waals surface area contributed by atoms with Crippen molar-refractivity contribution in [1.82, 2.24) is 5.32 Å². The molecule has 94 valence electrons. The molecular formula is C12H17NO4. The van der Waals surface area contributed by atoms with E-state index in [2.05, 4.69) is 11.9 Å². The third-order valence-corrected chi connectivity index (χ3v) is 2.51. The summed E-state index contributed by atoms with van der Waals surface area (Å²) in [4.78, 5) is 22.6. The van der Waals surface area contributed by atoms with Crippen LogP contribution in [0.2, 0.25) is 0 Å². The number of rotatable bonds is 7. The SMILES string of the molecule is C=CCOCC(NC(=O)C1CC=CC1)C(=O)O. The van der Waals surface area contributed by atoms with Crippen molar-refractivity contribution in [1.29, 1.82) is 0 Å². The summed E-state index contributed by atoms with van der Waals surface area (Å²) in [6.45, 7) is 3.68. The fourth-order valence-electron chi connectivity index (χ4n) is 1.56. The zero-order valence-electron chi connectivity index (χ0n) is 9.59. The Balaban J connectivity index is 2.39. The first-order valence-electron chi connectivity index (χ1n) is 5.52. The van der Waals surface area contributed by atoms with Gasteiger partial charge in [-0.1, -0.05) is 18.2 Å². The predicted molar refractivity (Wildman–Crippen MR) is 62.4 cm³/mol. The van der Waals surface area contributed by atoms with E-state index in [0.29, 0.717) is 12.8 Å². The van der Waals surface area contributed by atoms with E-state index in [0.717, 1.165) is 0 Å². The smallest absolute Gasteiger partial charge is 0.328 e. The van der Waals surface area contributed by atoms with E-state index in [4.69, 9.17) is 9.84 Å². The van der Waals surface area contributed by atoms with Gasteiger partial charge in [-0.25, -0.2) is 4.79 Å². The van der Waals surface area contributed by atoms with Crippen LogP contribution in [0.3, 0.4) is 0 Å². The Hall–Kier alpha value is -1.62.